The van der Waals surface area contributed by atoms with Gasteiger partial charge in [0, 0.05) is 23.2 Å². The number of carbonyl (C=O) groups excluding carboxylic acids is 1. The molecule has 1 aromatic heterocycles. The van der Waals surface area contributed by atoms with Crippen molar-refractivity contribution in [1.29, 1.82) is 0 Å². The first kappa shape index (κ1) is 12.9. The molecule has 1 amide bonds. The fourth-order valence-corrected chi connectivity index (χ4v) is 2.54. The molecule has 2 heterocycles. The Morgan fingerprint density at radius 3 is 2.83 bits per heavy atom. The summed E-state index contributed by atoms with van der Waals surface area (Å²) in [6, 6.07) is 1.88. The molecule has 0 atom stereocenters. The zero-order valence-corrected chi connectivity index (χ0v) is 11.2. The Hall–Kier alpha value is -1.58. The summed E-state index contributed by atoms with van der Waals surface area (Å²) >= 11 is 0. The molecular formula is C14H20N2O2. The van der Waals surface area contributed by atoms with Gasteiger partial charge in [0.1, 0.15) is 0 Å². The lowest BCUT2D eigenvalue weighted by atomic mass is 9.91. The van der Waals surface area contributed by atoms with E-state index in [9.17, 15) is 9.59 Å². The van der Waals surface area contributed by atoms with Crippen LogP contribution in [0, 0.1) is 0 Å². The molecule has 2 rings (SSSR count). The van der Waals surface area contributed by atoms with Gasteiger partial charge in [-0.2, -0.15) is 0 Å². The average Bonchev–Trinajstić information content (AvgIpc) is 2.58. The molecule has 0 aliphatic carbocycles. The molecule has 1 N–H and O–H groups in total. The van der Waals surface area contributed by atoms with Gasteiger partial charge < -0.3 is 9.88 Å². The monoisotopic (exact) mass is 248 g/mol. The summed E-state index contributed by atoms with van der Waals surface area (Å²) in [4.78, 5) is 27.8. The van der Waals surface area contributed by atoms with Gasteiger partial charge in [-0.15, -0.1) is 0 Å². The quantitative estimate of drug-likeness (QED) is 0.828. The molecule has 0 saturated heterocycles. The first-order chi connectivity index (χ1) is 8.49. The summed E-state index contributed by atoms with van der Waals surface area (Å²) in [6.07, 6.45) is 3.66. The van der Waals surface area contributed by atoms with E-state index in [1.165, 1.54) is 0 Å². The molecule has 4 heteroatoms. The molecule has 0 bridgehead atoms. The van der Waals surface area contributed by atoms with Gasteiger partial charge in [0.05, 0.1) is 5.69 Å². The minimum absolute atomic E-state index is 0.0111. The Morgan fingerprint density at radius 2 is 2.22 bits per heavy atom. The van der Waals surface area contributed by atoms with Gasteiger partial charge in [0.15, 0.2) is 0 Å². The van der Waals surface area contributed by atoms with Crippen LogP contribution in [0.5, 0.6) is 0 Å². The van der Waals surface area contributed by atoms with Crippen molar-refractivity contribution < 1.29 is 4.79 Å². The molecule has 1 aromatic rings. The maximum atomic E-state index is 12.0. The number of aromatic nitrogens is 1. The second kappa shape index (κ2) is 4.59. The maximum absolute atomic E-state index is 12.0. The number of unbranched alkanes of at least 4 members (excludes halogenated alkanes) is 1. The number of nitrogens with zero attached hydrogens (tertiary/aromatic N) is 1. The number of fused-ring (bicyclic) bond motifs is 1. The zero-order valence-electron chi connectivity index (χ0n) is 11.2. The first-order valence-electron chi connectivity index (χ1n) is 6.48. The van der Waals surface area contributed by atoms with Crippen LogP contribution in [0.4, 0.5) is 5.69 Å². The largest absolute Gasteiger partial charge is 0.323 e. The molecule has 0 saturated carbocycles. The Kier molecular flexibility index (Phi) is 3.28. The smallest absolute Gasteiger partial charge is 0.251 e. The van der Waals surface area contributed by atoms with Crippen LogP contribution < -0.4 is 10.5 Å². The van der Waals surface area contributed by atoms with E-state index in [-0.39, 0.29) is 11.0 Å². The van der Waals surface area contributed by atoms with Gasteiger partial charge in [-0.05, 0) is 18.9 Å². The van der Waals surface area contributed by atoms with Crippen LogP contribution in [0.25, 0.3) is 0 Å². The van der Waals surface area contributed by atoms with Crippen molar-refractivity contribution in [3.05, 3.63) is 27.7 Å². The number of rotatable bonds is 4. The molecule has 1 aliphatic rings. The molecule has 0 fully saturated rings. The number of pyridine rings is 1. The Bertz CT molecular complexity index is 517. The zero-order chi connectivity index (χ0) is 13.3. The van der Waals surface area contributed by atoms with E-state index < -0.39 is 0 Å². The highest BCUT2D eigenvalue weighted by atomic mass is 16.1. The van der Waals surface area contributed by atoms with E-state index in [0.29, 0.717) is 6.54 Å². The van der Waals surface area contributed by atoms with E-state index >= 15 is 0 Å². The Labute approximate surface area is 107 Å². The van der Waals surface area contributed by atoms with E-state index in [4.69, 9.17) is 0 Å². The second-order valence-corrected chi connectivity index (χ2v) is 5.60. The van der Waals surface area contributed by atoms with Crippen LogP contribution >= 0.6 is 0 Å². The molecule has 98 valence electrons. The second-order valence-electron chi connectivity index (χ2n) is 5.60. The predicted octanol–water partition coefficient (Wildman–Crippen LogP) is 1.97. The summed E-state index contributed by atoms with van der Waals surface area (Å²) in [7, 11) is 0. The number of amides is 1. The van der Waals surface area contributed by atoms with E-state index in [2.05, 4.69) is 11.9 Å². The van der Waals surface area contributed by atoms with Crippen molar-refractivity contribution >= 4 is 12.1 Å². The third kappa shape index (κ3) is 2.07. The lowest BCUT2D eigenvalue weighted by Gasteiger charge is -2.17. The van der Waals surface area contributed by atoms with Crippen LogP contribution in [-0.4, -0.2) is 17.9 Å². The Morgan fingerprint density at radius 1 is 1.50 bits per heavy atom. The van der Waals surface area contributed by atoms with Gasteiger partial charge >= 0.3 is 0 Å². The van der Waals surface area contributed by atoms with E-state index in [0.717, 1.165) is 42.6 Å². The third-order valence-corrected chi connectivity index (χ3v) is 3.58. The highest BCUT2D eigenvalue weighted by molar-refractivity contribution is 5.80. The average molecular weight is 248 g/mol. The minimum atomic E-state index is -0.182. The SMILES string of the molecule is CCCCc1cc2c([nH]c1=O)C(C)(C)CN2C=O. The first-order valence-corrected chi connectivity index (χ1v) is 6.48. The normalized spacial score (nSPS) is 16.7. The minimum Gasteiger partial charge on any atom is -0.323 e. The van der Waals surface area contributed by atoms with Crippen LogP contribution in [0.2, 0.25) is 0 Å². The molecule has 0 aromatic carbocycles. The third-order valence-electron chi connectivity index (χ3n) is 3.58. The standard InChI is InChI=1S/C14H20N2O2/c1-4-5-6-10-7-11-12(15-13(10)18)14(2,3)8-16(11)9-17/h7,9H,4-6,8H2,1-3H3,(H,15,18). The molecule has 1 aliphatic heterocycles. The predicted molar refractivity (Wildman–Crippen MR) is 72.1 cm³/mol. The van der Waals surface area contributed by atoms with Crippen LogP contribution in [0.1, 0.15) is 44.9 Å². The van der Waals surface area contributed by atoms with Crippen molar-refractivity contribution in [3.8, 4) is 0 Å². The lowest BCUT2D eigenvalue weighted by molar-refractivity contribution is -0.107. The molecule has 0 unspecified atom stereocenters. The highest BCUT2D eigenvalue weighted by Crippen LogP contribution is 2.37. The number of aromatic amines is 1. The summed E-state index contributed by atoms with van der Waals surface area (Å²) < 4.78 is 0. The van der Waals surface area contributed by atoms with Gasteiger partial charge in [-0.25, -0.2) is 0 Å². The number of carbonyl (C=O) groups is 1. The topological polar surface area (TPSA) is 53.2 Å². The number of anilines is 1. The van der Waals surface area contributed by atoms with Crippen molar-refractivity contribution in [2.45, 2.75) is 45.4 Å². The van der Waals surface area contributed by atoms with Crippen molar-refractivity contribution in [2.24, 2.45) is 0 Å². The van der Waals surface area contributed by atoms with Crippen molar-refractivity contribution in [3.63, 3.8) is 0 Å². The van der Waals surface area contributed by atoms with Gasteiger partial charge in [-0.3, -0.25) is 9.59 Å². The van der Waals surface area contributed by atoms with Crippen LogP contribution in [-0.2, 0) is 16.6 Å². The van der Waals surface area contributed by atoms with Crippen molar-refractivity contribution in [1.82, 2.24) is 4.98 Å². The lowest BCUT2D eigenvalue weighted by Crippen LogP contribution is -2.27. The molecular weight excluding hydrogens is 228 g/mol. The summed E-state index contributed by atoms with van der Waals surface area (Å²) in [6.45, 7) is 6.80. The number of hydrogen-bond donors (Lipinski definition) is 1. The molecule has 0 radical (unpaired) electrons. The molecule has 18 heavy (non-hydrogen) atoms. The van der Waals surface area contributed by atoms with Gasteiger partial charge in [0.25, 0.3) is 5.56 Å². The molecule has 0 spiro atoms. The van der Waals surface area contributed by atoms with Crippen LogP contribution in [0.15, 0.2) is 10.9 Å². The number of aryl methyl sites for hydroxylation is 1. The molecule has 4 nitrogen and oxygen atoms in total. The highest BCUT2D eigenvalue weighted by Gasteiger charge is 2.36. The van der Waals surface area contributed by atoms with E-state index in [1.54, 1.807) is 4.90 Å². The van der Waals surface area contributed by atoms with Crippen molar-refractivity contribution in [2.75, 3.05) is 11.4 Å². The summed E-state index contributed by atoms with van der Waals surface area (Å²) in [5.41, 5.74) is 2.32. The van der Waals surface area contributed by atoms with Crippen LogP contribution in [0.3, 0.4) is 0 Å². The fraction of sp³-hybridized carbons (Fsp3) is 0.571. The Balaban J connectivity index is 2.48. The van der Waals surface area contributed by atoms with Gasteiger partial charge in [0.2, 0.25) is 6.41 Å². The maximum Gasteiger partial charge on any atom is 0.251 e. The van der Waals surface area contributed by atoms with Gasteiger partial charge in [-0.1, -0.05) is 27.2 Å². The summed E-state index contributed by atoms with van der Waals surface area (Å²) in [5, 5.41) is 0. The summed E-state index contributed by atoms with van der Waals surface area (Å²) in [5.74, 6) is 0. The van der Waals surface area contributed by atoms with E-state index in [1.807, 2.05) is 19.9 Å². The number of H-pyrrole nitrogens is 1. The number of hydrogen-bond acceptors (Lipinski definition) is 2. The fourth-order valence-electron chi connectivity index (χ4n) is 2.54. The number of nitrogens with one attached hydrogen (secondary N) is 1.